The molecule has 6 heteroatoms. The number of hydrogen-bond acceptors (Lipinski definition) is 5. The van der Waals surface area contributed by atoms with Crippen molar-refractivity contribution in [3.63, 3.8) is 0 Å². The Morgan fingerprint density at radius 2 is 1.65 bits per heavy atom. The lowest BCUT2D eigenvalue weighted by atomic mass is 10.2. The molecule has 0 aliphatic rings. The van der Waals surface area contributed by atoms with Crippen molar-refractivity contribution in [1.29, 1.82) is 0 Å². The van der Waals surface area contributed by atoms with E-state index in [2.05, 4.69) is 0 Å². The third kappa shape index (κ3) is 4.75. The number of rotatable bonds is 8. The van der Waals surface area contributed by atoms with Crippen molar-refractivity contribution in [2.75, 3.05) is 27.4 Å². The molecule has 0 bridgehead atoms. The van der Waals surface area contributed by atoms with Crippen LogP contribution >= 0.6 is 12.2 Å². The summed E-state index contributed by atoms with van der Waals surface area (Å²) in [6.07, 6.45) is 0. The Bertz CT molecular complexity index is 675. The number of hydrogen-bond donors (Lipinski definition) is 1. The maximum absolute atomic E-state index is 5.68. The van der Waals surface area contributed by atoms with Gasteiger partial charge < -0.3 is 24.7 Å². The molecular formula is C17H19NO4S. The molecule has 0 heterocycles. The van der Waals surface area contributed by atoms with Crippen LogP contribution in [-0.4, -0.2) is 32.4 Å². The van der Waals surface area contributed by atoms with Gasteiger partial charge in [-0.15, -0.1) is 0 Å². The quantitative estimate of drug-likeness (QED) is 0.592. The minimum atomic E-state index is 0.316. The van der Waals surface area contributed by atoms with Crippen molar-refractivity contribution >= 4 is 17.2 Å². The normalized spacial score (nSPS) is 10.0. The molecule has 0 spiro atoms. The number of nitrogens with two attached hydrogens (primary N) is 1. The first kappa shape index (κ1) is 16.9. The van der Waals surface area contributed by atoms with E-state index in [1.807, 2.05) is 24.3 Å². The van der Waals surface area contributed by atoms with Crippen LogP contribution in [0.1, 0.15) is 5.56 Å². The molecule has 5 nitrogen and oxygen atoms in total. The first-order valence-corrected chi connectivity index (χ1v) is 7.42. The fraction of sp³-hybridized carbons (Fsp3) is 0.235. The smallest absolute Gasteiger partial charge is 0.161 e. The highest BCUT2D eigenvalue weighted by Gasteiger charge is 2.07. The predicted octanol–water partition coefficient (Wildman–Crippen LogP) is 2.80. The average Bonchev–Trinajstić information content (AvgIpc) is 2.58. The van der Waals surface area contributed by atoms with Gasteiger partial charge in [0.2, 0.25) is 0 Å². The maximum atomic E-state index is 5.68. The standard InChI is InChI=1S/C17H19NO4S/c1-19-13-4-3-5-14(11-13)21-8-9-22-15-7-6-12(17(18)23)10-16(15)20-2/h3-7,10-11H,8-9H2,1-2H3,(H2,18,23). The summed E-state index contributed by atoms with van der Waals surface area (Å²) < 4.78 is 21.7. The third-order valence-corrected chi connectivity index (χ3v) is 3.33. The van der Waals surface area contributed by atoms with Crippen molar-refractivity contribution in [3.8, 4) is 23.0 Å². The fourth-order valence-electron chi connectivity index (χ4n) is 1.94. The molecule has 0 amide bonds. The molecule has 2 N–H and O–H groups in total. The Labute approximate surface area is 140 Å². The second-order valence-electron chi connectivity index (χ2n) is 4.61. The van der Waals surface area contributed by atoms with Gasteiger partial charge in [0.05, 0.1) is 14.2 Å². The Kier molecular flexibility index (Phi) is 6.05. The Morgan fingerprint density at radius 1 is 0.913 bits per heavy atom. The molecule has 0 radical (unpaired) electrons. The van der Waals surface area contributed by atoms with Crippen LogP contribution in [0.5, 0.6) is 23.0 Å². The molecule has 0 aliphatic heterocycles. The van der Waals surface area contributed by atoms with E-state index in [1.165, 1.54) is 0 Å². The number of benzene rings is 2. The van der Waals surface area contributed by atoms with Crippen LogP contribution < -0.4 is 24.7 Å². The second-order valence-corrected chi connectivity index (χ2v) is 5.05. The summed E-state index contributed by atoms with van der Waals surface area (Å²) in [6.45, 7) is 0.771. The van der Waals surface area contributed by atoms with E-state index in [1.54, 1.807) is 32.4 Å². The van der Waals surface area contributed by atoms with E-state index in [9.17, 15) is 0 Å². The molecule has 0 atom stereocenters. The SMILES string of the molecule is COc1cccc(OCCOc2ccc(C(N)=S)cc2OC)c1. The number of thiocarbonyl (C=S) groups is 1. The van der Waals surface area contributed by atoms with E-state index >= 15 is 0 Å². The molecule has 0 aromatic heterocycles. The van der Waals surface area contributed by atoms with Crippen molar-refractivity contribution < 1.29 is 18.9 Å². The highest BCUT2D eigenvalue weighted by atomic mass is 32.1. The van der Waals surface area contributed by atoms with Crippen LogP contribution in [0.2, 0.25) is 0 Å². The summed E-state index contributed by atoms with van der Waals surface area (Å²) in [5.74, 6) is 2.67. The van der Waals surface area contributed by atoms with Crippen LogP contribution in [0.3, 0.4) is 0 Å². The Hall–Kier alpha value is -2.47. The monoisotopic (exact) mass is 333 g/mol. The minimum Gasteiger partial charge on any atom is -0.497 e. The zero-order chi connectivity index (χ0) is 16.7. The fourth-order valence-corrected chi connectivity index (χ4v) is 2.07. The lowest BCUT2D eigenvalue weighted by Gasteiger charge is -2.12. The molecule has 0 aliphatic carbocycles. The van der Waals surface area contributed by atoms with Gasteiger partial charge in [-0.3, -0.25) is 0 Å². The van der Waals surface area contributed by atoms with Crippen molar-refractivity contribution in [1.82, 2.24) is 0 Å². The third-order valence-electron chi connectivity index (χ3n) is 3.10. The molecule has 122 valence electrons. The lowest BCUT2D eigenvalue weighted by Crippen LogP contribution is -2.11. The molecule has 2 rings (SSSR count). The van der Waals surface area contributed by atoms with Gasteiger partial charge in [-0.05, 0) is 30.3 Å². The topological polar surface area (TPSA) is 62.9 Å². The van der Waals surface area contributed by atoms with E-state index in [0.717, 1.165) is 17.1 Å². The van der Waals surface area contributed by atoms with Crippen LogP contribution in [-0.2, 0) is 0 Å². The summed E-state index contributed by atoms with van der Waals surface area (Å²) in [4.78, 5) is 0.316. The highest BCUT2D eigenvalue weighted by Crippen LogP contribution is 2.28. The Balaban J connectivity index is 1.89. The lowest BCUT2D eigenvalue weighted by molar-refractivity contribution is 0.211. The summed E-state index contributed by atoms with van der Waals surface area (Å²) in [5.41, 5.74) is 6.34. The molecule has 0 unspecified atom stereocenters. The Morgan fingerprint density at radius 3 is 2.35 bits per heavy atom. The molecule has 0 saturated heterocycles. The first-order valence-electron chi connectivity index (χ1n) is 7.01. The van der Waals surface area contributed by atoms with Gasteiger partial charge in [-0.25, -0.2) is 0 Å². The summed E-state index contributed by atoms with van der Waals surface area (Å²) >= 11 is 4.94. The van der Waals surface area contributed by atoms with E-state index in [0.29, 0.717) is 29.7 Å². The van der Waals surface area contributed by atoms with Gasteiger partial charge in [0.1, 0.15) is 29.7 Å². The number of ether oxygens (including phenoxy) is 4. The van der Waals surface area contributed by atoms with Crippen LogP contribution in [0.25, 0.3) is 0 Å². The van der Waals surface area contributed by atoms with Gasteiger partial charge in [0, 0.05) is 11.6 Å². The van der Waals surface area contributed by atoms with Gasteiger partial charge in [-0.2, -0.15) is 0 Å². The van der Waals surface area contributed by atoms with Crippen LogP contribution in [0, 0.1) is 0 Å². The van der Waals surface area contributed by atoms with Gasteiger partial charge in [0.25, 0.3) is 0 Å². The van der Waals surface area contributed by atoms with Gasteiger partial charge >= 0.3 is 0 Å². The summed E-state index contributed by atoms with van der Waals surface area (Å²) in [5, 5.41) is 0. The maximum Gasteiger partial charge on any atom is 0.161 e. The van der Waals surface area contributed by atoms with E-state index in [4.69, 9.17) is 36.9 Å². The average molecular weight is 333 g/mol. The predicted molar refractivity (Wildman–Crippen MR) is 92.9 cm³/mol. The number of methoxy groups -OCH3 is 2. The van der Waals surface area contributed by atoms with Gasteiger partial charge in [-0.1, -0.05) is 18.3 Å². The van der Waals surface area contributed by atoms with E-state index < -0.39 is 0 Å². The molecule has 0 fully saturated rings. The van der Waals surface area contributed by atoms with Crippen molar-refractivity contribution in [2.24, 2.45) is 5.73 Å². The molecule has 2 aromatic carbocycles. The van der Waals surface area contributed by atoms with Crippen LogP contribution in [0.4, 0.5) is 0 Å². The van der Waals surface area contributed by atoms with Crippen molar-refractivity contribution in [3.05, 3.63) is 48.0 Å². The largest absolute Gasteiger partial charge is 0.497 e. The molecule has 2 aromatic rings. The molecular weight excluding hydrogens is 314 g/mol. The zero-order valence-corrected chi connectivity index (χ0v) is 13.9. The molecule has 0 saturated carbocycles. The van der Waals surface area contributed by atoms with Gasteiger partial charge in [0.15, 0.2) is 11.5 Å². The second kappa shape index (κ2) is 8.24. The van der Waals surface area contributed by atoms with Crippen molar-refractivity contribution in [2.45, 2.75) is 0 Å². The minimum absolute atomic E-state index is 0.316. The highest BCUT2D eigenvalue weighted by molar-refractivity contribution is 7.80. The first-order chi connectivity index (χ1) is 11.1. The summed E-state index contributed by atoms with van der Waals surface area (Å²) in [6, 6.07) is 12.7. The van der Waals surface area contributed by atoms with Crippen LogP contribution in [0.15, 0.2) is 42.5 Å². The van der Waals surface area contributed by atoms with E-state index in [-0.39, 0.29) is 0 Å². The molecule has 23 heavy (non-hydrogen) atoms. The zero-order valence-electron chi connectivity index (χ0n) is 13.1. The summed E-state index contributed by atoms with van der Waals surface area (Å²) in [7, 11) is 3.18.